The molecule has 0 unspecified atom stereocenters. The fraction of sp³-hybridized carbons (Fsp3) is 0.222. The summed E-state index contributed by atoms with van der Waals surface area (Å²) in [5, 5.41) is 10.4. The summed E-state index contributed by atoms with van der Waals surface area (Å²) < 4.78 is 4.55. The molecule has 0 fully saturated rings. The minimum Gasteiger partial charge on any atom is -0.360 e. The van der Waals surface area contributed by atoms with E-state index in [9.17, 15) is 0 Å². The number of anilines is 1. The molecule has 2 aromatic rings. The molecular formula is C9H10N4O. The van der Waals surface area contributed by atoms with E-state index in [1.807, 2.05) is 25.1 Å². The van der Waals surface area contributed by atoms with Crippen LogP contribution >= 0.6 is 0 Å². The van der Waals surface area contributed by atoms with Gasteiger partial charge in [-0.3, -0.25) is 4.98 Å². The third-order valence-corrected chi connectivity index (χ3v) is 1.82. The minimum absolute atomic E-state index is 0.621. The van der Waals surface area contributed by atoms with Crippen molar-refractivity contribution >= 4 is 5.82 Å². The first-order valence-electron chi connectivity index (χ1n) is 4.29. The molecule has 2 aromatic heterocycles. The van der Waals surface area contributed by atoms with Crippen molar-refractivity contribution < 1.29 is 4.63 Å². The van der Waals surface area contributed by atoms with Gasteiger partial charge < -0.3 is 5.32 Å². The maximum Gasteiger partial charge on any atom is 0.194 e. The van der Waals surface area contributed by atoms with Crippen LogP contribution in [-0.2, 0) is 6.54 Å². The van der Waals surface area contributed by atoms with Crippen molar-refractivity contribution in [3.63, 3.8) is 0 Å². The van der Waals surface area contributed by atoms with Gasteiger partial charge in [0.15, 0.2) is 5.82 Å². The van der Waals surface area contributed by atoms with Gasteiger partial charge in [0.1, 0.15) is 5.69 Å². The molecule has 72 valence electrons. The Bertz CT molecular complexity index is 398. The van der Waals surface area contributed by atoms with E-state index < -0.39 is 0 Å². The molecule has 0 amide bonds. The van der Waals surface area contributed by atoms with E-state index in [0.29, 0.717) is 12.4 Å². The topological polar surface area (TPSA) is 63.8 Å². The fourth-order valence-electron chi connectivity index (χ4n) is 1.07. The molecule has 0 saturated heterocycles. The molecule has 0 atom stereocenters. The van der Waals surface area contributed by atoms with Crippen LogP contribution in [0.15, 0.2) is 29.0 Å². The van der Waals surface area contributed by atoms with E-state index in [-0.39, 0.29) is 0 Å². The molecule has 0 radical (unpaired) electrons. The third kappa shape index (κ3) is 1.87. The first kappa shape index (κ1) is 8.68. The highest BCUT2D eigenvalue weighted by molar-refractivity contribution is 5.36. The highest BCUT2D eigenvalue weighted by Gasteiger charge is 2.03. The molecule has 0 aliphatic carbocycles. The molecule has 0 bridgehead atoms. The first-order valence-corrected chi connectivity index (χ1v) is 4.29. The van der Waals surface area contributed by atoms with E-state index in [4.69, 9.17) is 0 Å². The van der Waals surface area contributed by atoms with Crippen molar-refractivity contribution in [3.05, 3.63) is 35.8 Å². The Morgan fingerprint density at radius 1 is 1.36 bits per heavy atom. The van der Waals surface area contributed by atoms with Crippen molar-refractivity contribution in [2.45, 2.75) is 13.5 Å². The van der Waals surface area contributed by atoms with E-state index in [1.165, 1.54) is 0 Å². The molecule has 0 aliphatic heterocycles. The largest absolute Gasteiger partial charge is 0.360 e. The van der Waals surface area contributed by atoms with Crippen molar-refractivity contribution in [1.29, 1.82) is 0 Å². The lowest BCUT2D eigenvalue weighted by atomic mass is 10.3. The zero-order chi connectivity index (χ0) is 9.80. The second-order valence-corrected chi connectivity index (χ2v) is 2.87. The van der Waals surface area contributed by atoms with Gasteiger partial charge in [-0.25, -0.2) is 4.63 Å². The van der Waals surface area contributed by atoms with Gasteiger partial charge in [0.25, 0.3) is 0 Å². The lowest BCUT2D eigenvalue weighted by Gasteiger charge is -2.00. The van der Waals surface area contributed by atoms with E-state index >= 15 is 0 Å². The van der Waals surface area contributed by atoms with Gasteiger partial charge in [-0.05, 0) is 24.2 Å². The standard InChI is InChI=1S/C9H10N4O/c1-7-9(13-14-12-7)11-6-8-4-2-3-5-10-8/h2-5H,6H2,1H3,(H,11,13). The predicted molar refractivity (Wildman–Crippen MR) is 50.6 cm³/mol. The van der Waals surface area contributed by atoms with Crippen molar-refractivity contribution in [2.24, 2.45) is 0 Å². The van der Waals surface area contributed by atoms with Crippen LogP contribution in [0.5, 0.6) is 0 Å². The number of hydrogen-bond acceptors (Lipinski definition) is 5. The molecule has 2 heterocycles. The normalized spacial score (nSPS) is 10.1. The Balaban J connectivity index is 1.99. The number of pyridine rings is 1. The second-order valence-electron chi connectivity index (χ2n) is 2.87. The average molecular weight is 190 g/mol. The lowest BCUT2D eigenvalue weighted by molar-refractivity contribution is 0.306. The summed E-state index contributed by atoms with van der Waals surface area (Å²) >= 11 is 0. The summed E-state index contributed by atoms with van der Waals surface area (Å²) in [6.45, 7) is 2.45. The van der Waals surface area contributed by atoms with Crippen LogP contribution in [0.1, 0.15) is 11.4 Å². The Hall–Kier alpha value is -1.91. The van der Waals surface area contributed by atoms with Crippen LogP contribution in [0.25, 0.3) is 0 Å². The smallest absolute Gasteiger partial charge is 0.194 e. The maximum atomic E-state index is 4.55. The van der Waals surface area contributed by atoms with Gasteiger partial charge >= 0.3 is 0 Å². The number of hydrogen-bond donors (Lipinski definition) is 1. The number of nitrogens with zero attached hydrogens (tertiary/aromatic N) is 3. The molecule has 0 aromatic carbocycles. The molecule has 14 heavy (non-hydrogen) atoms. The third-order valence-electron chi connectivity index (χ3n) is 1.82. The van der Waals surface area contributed by atoms with Crippen LogP contribution in [-0.4, -0.2) is 15.3 Å². The SMILES string of the molecule is Cc1nonc1NCc1ccccn1. The van der Waals surface area contributed by atoms with Gasteiger partial charge in [0, 0.05) is 6.20 Å². The Morgan fingerprint density at radius 3 is 2.93 bits per heavy atom. The van der Waals surface area contributed by atoms with Gasteiger partial charge in [-0.2, -0.15) is 0 Å². The minimum atomic E-state index is 0.621. The molecule has 5 heteroatoms. The zero-order valence-electron chi connectivity index (χ0n) is 7.77. The molecule has 2 rings (SSSR count). The summed E-state index contributed by atoms with van der Waals surface area (Å²) in [4.78, 5) is 4.17. The summed E-state index contributed by atoms with van der Waals surface area (Å²) in [6.07, 6.45) is 1.75. The zero-order valence-corrected chi connectivity index (χ0v) is 7.77. The second kappa shape index (κ2) is 3.87. The Kier molecular flexibility index (Phi) is 2.40. The van der Waals surface area contributed by atoms with Crippen molar-refractivity contribution in [1.82, 2.24) is 15.3 Å². The van der Waals surface area contributed by atoms with Gasteiger partial charge in [-0.1, -0.05) is 11.2 Å². The quantitative estimate of drug-likeness (QED) is 0.792. The summed E-state index contributed by atoms with van der Waals surface area (Å²) in [7, 11) is 0. The molecule has 0 aliphatic rings. The highest BCUT2D eigenvalue weighted by atomic mass is 16.6. The number of aryl methyl sites for hydroxylation is 1. The monoisotopic (exact) mass is 190 g/mol. The summed E-state index contributed by atoms with van der Waals surface area (Å²) in [6, 6.07) is 5.76. The van der Waals surface area contributed by atoms with Gasteiger partial charge in [-0.15, -0.1) is 0 Å². The molecular weight excluding hydrogens is 180 g/mol. The number of aromatic nitrogens is 3. The lowest BCUT2D eigenvalue weighted by Crippen LogP contribution is -2.02. The Morgan fingerprint density at radius 2 is 2.29 bits per heavy atom. The van der Waals surface area contributed by atoms with Crippen molar-refractivity contribution in [3.8, 4) is 0 Å². The maximum absolute atomic E-state index is 4.55. The molecule has 1 N–H and O–H groups in total. The summed E-state index contributed by atoms with van der Waals surface area (Å²) in [5.74, 6) is 0.663. The first-order chi connectivity index (χ1) is 6.86. The van der Waals surface area contributed by atoms with Crippen LogP contribution in [0.3, 0.4) is 0 Å². The van der Waals surface area contributed by atoms with Crippen LogP contribution < -0.4 is 5.32 Å². The number of rotatable bonds is 3. The van der Waals surface area contributed by atoms with Gasteiger partial charge in [0.2, 0.25) is 0 Å². The van der Waals surface area contributed by atoms with E-state index in [2.05, 4.69) is 25.2 Å². The average Bonchev–Trinajstić information content (AvgIpc) is 2.63. The van der Waals surface area contributed by atoms with Gasteiger partial charge in [0.05, 0.1) is 12.2 Å². The summed E-state index contributed by atoms with van der Waals surface area (Å²) in [5.41, 5.74) is 1.70. The molecule has 5 nitrogen and oxygen atoms in total. The molecule has 0 spiro atoms. The van der Waals surface area contributed by atoms with Crippen LogP contribution in [0, 0.1) is 6.92 Å². The fourth-order valence-corrected chi connectivity index (χ4v) is 1.07. The van der Waals surface area contributed by atoms with E-state index in [1.54, 1.807) is 6.20 Å². The number of nitrogens with one attached hydrogen (secondary N) is 1. The highest BCUT2D eigenvalue weighted by Crippen LogP contribution is 2.08. The predicted octanol–water partition coefficient (Wildman–Crippen LogP) is 1.39. The van der Waals surface area contributed by atoms with Crippen LogP contribution in [0.4, 0.5) is 5.82 Å². The molecule has 0 saturated carbocycles. The van der Waals surface area contributed by atoms with Crippen molar-refractivity contribution in [2.75, 3.05) is 5.32 Å². The van der Waals surface area contributed by atoms with Crippen LogP contribution in [0.2, 0.25) is 0 Å². The Labute approximate surface area is 81.1 Å². The van der Waals surface area contributed by atoms with E-state index in [0.717, 1.165) is 11.4 Å².